The minimum atomic E-state index is 0.228. The molecular formula is C15H18N4O2. The zero-order chi connectivity index (χ0) is 14.8. The summed E-state index contributed by atoms with van der Waals surface area (Å²) in [7, 11) is 0. The van der Waals surface area contributed by atoms with Gasteiger partial charge in [0.2, 0.25) is 0 Å². The van der Waals surface area contributed by atoms with Crippen molar-refractivity contribution in [2.75, 3.05) is 24.3 Å². The topological polar surface area (TPSA) is 82.3 Å². The van der Waals surface area contributed by atoms with Crippen LogP contribution in [0.5, 0.6) is 11.5 Å². The molecule has 0 saturated carbocycles. The lowest BCUT2D eigenvalue weighted by atomic mass is 10.0. The normalized spacial score (nSPS) is 13.3. The molecule has 0 saturated heterocycles. The van der Waals surface area contributed by atoms with Crippen LogP contribution < -0.4 is 20.5 Å². The zero-order valence-corrected chi connectivity index (χ0v) is 12.1. The van der Waals surface area contributed by atoms with E-state index >= 15 is 0 Å². The maximum atomic E-state index is 5.95. The molecule has 2 aromatic rings. The first kappa shape index (κ1) is 13.5. The van der Waals surface area contributed by atoms with Crippen LogP contribution in [0.25, 0.3) is 0 Å². The van der Waals surface area contributed by atoms with Crippen molar-refractivity contribution < 1.29 is 9.47 Å². The number of hydrogen-bond donors (Lipinski definition) is 2. The number of aromatic nitrogens is 2. The average molecular weight is 286 g/mol. The van der Waals surface area contributed by atoms with Gasteiger partial charge in [-0.3, -0.25) is 0 Å². The Morgan fingerprint density at radius 2 is 1.90 bits per heavy atom. The smallest absolute Gasteiger partial charge is 0.163 e. The summed E-state index contributed by atoms with van der Waals surface area (Å²) in [5, 5.41) is 3.28. The summed E-state index contributed by atoms with van der Waals surface area (Å²) in [5.74, 6) is 2.94. The Balaban J connectivity index is 1.92. The molecular weight excluding hydrogens is 268 g/mol. The van der Waals surface area contributed by atoms with Gasteiger partial charge in [0.15, 0.2) is 11.5 Å². The van der Waals surface area contributed by atoms with Crippen molar-refractivity contribution in [2.24, 2.45) is 0 Å². The van der Waals surface area contributed by atoms with Crippen LogP contribution in [-0.4, -0.2) is 23.2 Å². The molecule has 1 aromatic carbocycles. The molecule has 6 nitrogen and oxygen atoms in total. The molecule has 0 amide bonds. The average Bonchev–Trinajstić information content (AvgIpc) is 2.47. The highest BCUT2D eigenvalue weighted by Gasteiger charge is 2.15. The lowest BCUT2D eigenvalue weighted by Crippen LogP contribution is -2.15. The molecule has 1 aromatic heterocycles. The van der Waals surface area contributed by atoms with Crippen molar-refractivity contribution >= 4 is 17.3 Å². The third kappa shape index (κ3) is 2.69. The second-order valence-electron chi connectivity index (χ2n) is 5.16. The number of nitrogens with two attached hydrogens (primary N) is 1. The number of anilines is 3. The van der Waals surface area contributed by atoms with E-state index in [1.165, 1.54) is 6.33 Å². The van der Waals surface area contributed by atoms with Gasteiger partial charge in [-0.15, -0.1) is 0 Å². The van der Waals surface area contributed by atoms with Crippen molar-refractivity contribution in [3.8, 4) is 11.5 Å². The summed E-state index contributed by atoms with van der Waals surface area (Å²) < 4.78 is 11.1. The molecule has 3 N–H and O–H groups in total. The SMILES string of the molecule is CC(C)c1c(N)ncnc1Nc1ccc2c(c1)OCCO2. The Morgan fingerprint density at radius 1 is 1.14 bits per heavy atom. The molecule has 0 radical (unpaired) electrons. The number of nitrogens with one attached hydrogen (secondary N) is 1. The molecule has 6 heteroatoms. The zero-order valence-electron chi connectivity index (χ0n) is 12.1. The molecule has 0 unspecified atom stereocenters. The Hall–Kier alpha value is -2.50. The van der Waals surface area contributed by atoms with E-state index in [2.05, 4.69) is 29.1 Å². The summed E-state index contributed by atoms with van der Waals surface area (Å²) in [4.78, 5) is 8.35. The molecule has 1 aliphatic heterocycles. The minimum absolute atomic E-state index is 0.228. The molecule has 3 rings (SSSR count). The lowest BCUT2D eigenvalue weighted by Gasteiger charge is -2.20. The number of nitrogen functional groups attached to an aromatic ring is 1. The number of nitrogens with zero attached hydrogens (tertiary/aromatic N) is 2. The fraction of sp³-hybridized carbons (Fsp3) is 0.333. The quantitative estimate of drug-likeness (QED) is 0.902. The van der Waals surface area contributed by atoms with E-state index in [1.807, 2.05) is 18.2 Å². The van der Waals surface area contributed by atoms with Gasteiger partial charge in [-0.25, -0.2) is 9.97 Å². The van der Waals surface area contributed by atoms with E-state index in [9.17, 15) is 0 Å². The van der Waals surface area contributed by atoms with E-state index in [0.717, 1.165) is 22.7 Å². The van der Waals surface area contributed by atoms with Crippen LogP contribution in [0, 0.1) is 0 Å². The highest BCUT2D eigenvalue weighted by atomic mass is 16.6. The van der Waals surface area contributed by atoms with Crippen molar-refractivity contribution in [3.05, 3.63) is 30.1 Å². The monoisotopic (exact) mass is 286 g/mol. The maximum Gasteiger partial charge on any atom is 0.163 e. The summed E-state index contributed by atoms with van der Waals surface area (Å²) in [6, 6.07) is 5.71. The third-order valence-electron chi connectivity index (χ3n) is 3.30. The number of benzene rings is 1. The minimum Gasteiger partial charge on any atom is -0.486 e. The Morgan fingerprint density at radius 3 is 2.67 bits per heavy atom. The molecule has 0 bridgehead atoms. The van der Waals surface area contributed by atoms with Crippen LogP contribution in [-0.2, 0) is 0 Å². The van der Waals surface area contributed by atoms with Gasteiger partial charge in [-0.2, -0.15) is 0 Å². The maximum absolute atomic E-state index is 5.95. The van der Waals surface area contributed by atoms with E-state index in [4.69, 9.17) is 15.2 Å². The van der Waals surface area contributed by atoms with Gasteiger partial charge in [0.1, 0.15) is 31.2 Å². The van der Waals surface area contributed by atoms with Gasteiger partial charge in [-0.1, -0.05) is 13.8 Å². The highest BCUT2D eigenvalue weighted by Crippen LogP contribution is 2.35. The summed E-state index contributed by atoms with van der Waals surface area (Å²) >= 11 is 0. The molecule has 2 heterocycles. The Labute approximate surface area is 123 Å². The van der Waals surface area contributed by atoms with Crippen LogP contribution in [0.1, 0.15) is 25.3 Å². The number of hydrogen-bond acceptors (Lipinski definition) is 6. The Kier molecular flexibility index (Phi) is 3.51. The van der Waals surface area contributed by atoms with Gasteiger partial charge in [0.25, 0.3) is 0 Å². The van der Waals surface area contributed by atoms with E-state index in [1.54, 1.807) is 0 Å². The fourth-order valence-corrected chi connectivity index (χ4v) is 2.34. The molecule has 21 heavy (non-hydrogen) atoms. The van der Waals surface area contributed by atoms with Gasteiger partial charge < -0.3 is 20.5 Å². The van der Waals surface area contributed by atoms with Crippen LogP contribution in [0.15, 0.2) is 24.5 Å². The molecule has 0 aliphatic carbocycles. The number of ether oxygens (including phenoxy) is 2. The predicted molar refractivity (Wildman–Crippen MR) is 81.2 cm³/mol. The molecule has 0 atom stereocenters. The second-order valence-corrected chi connectivity index (χ2v) is 5.16. The van der Waals surface area contributed by atoms with Crippen molar-refractivity contribution in [3.63, 3.8) is 0 Å². The standard InChI is InChI=1S/C15H18N4O2/c1-9(2)13-14(16)17-8-18-15(13)19-10-3-4-11-12(7-10)21-6-5-20-11/h3-4,7-9H,5-6H2,1-2H3,(H3,16,17,18,19). The predicted octanol–water partition coefficient (Wildman–Crippen LogP) is 2.70. The van der Waals surface area contributed by atoms with E-state index < -0.39 is 0 Å². The molecule has 1 aliphatic rings. The Bertz CT molecular complexity index is 658. The van der Waals surface area contributed by atoms with Crippen LogP contribution in [0.2, 0.25) is 0 Å². The third-order valence-corrected chi connectivity index (χ3v) is 3.30. The van der Waals surface area contributed by atoms with Crippen LogP contribution >= 0.6 is 0 Å². The van der Waals surface area contributed by atoms with Gasteiger partial charge >= 0.3 is 0 Å². The summed E-state index contributed by atoms with van der Waals surface area (Å²) in [5.41, 5.74) is 7.73. The largest absolute Gasteiger partial charge is 0.486 e. The van der Waals surface area contributed by atoms with Crippen molar-refractivity contribution in [1.29, 1.82) is 0 Å². The summed E-state index contributed by atoms with van der Waals surface area (Å²) in [6.07, 6.45) is 1.46. The van der Waals surface area contributed by atoms with Crippen LogP contribution in [0.4, 0.5) is 17.3 Å². The fourth-order valence-electron chi connectivity index (χ4n) is 2.34. The van der Waals surface area contributed by atoms with Crippen molar-refractivity contribution in [2.45, 2.75) is 19.8 Å². The number of rotatable bonds is 3. The lowest BCUT2D eigenvalue weighted by molar-refractivity contribution is 0.171. The number of fused-ring (bicyclic) bond motifs is 1. The van der Waals surface area contributed by atoms with E-state index in [-0.39, 0.29) is 5.92 Å². The first-order valence-corrected chi connectivity index (χ1v) is 6.92. The van der Waals surface area contributed by atoms with Gasteiger partial charge in [0, 0.05) is 17.3 Å². The summed E-state index contributed by atoms with van der Waals surface area (Å²) in [6.45, 7) is 5.27. The van der Waals surface area contributed by atoms with Crippen LogP contribution in [0.3, 0.4) is 0 Å². The van der Waals surface area contributed by atoms with Gasteiger partial charge in [0.05, 0.1) is 0 Å². The molecule has 110 valence electrons. The first-order valence-electron chi connectivity index (χ1n) is 6.92. The highest BCUT2D eigenvalue weighted by molar-refractivity contribution is 5.67. The van der Waals surface area contributed by atoms with Gasteiger partial charge in [-0.05, 0) is 18.1 Å². The van der Waals surface area contributed by atoms with Crippen molar-refractivity contribution in [1.82, 2.24) is 9.97 Å². The molecule has 0 fully saturated rings. The second kappa shape index (κ2) is 5.47. The first-order chi connectivity index (χ1) is 10.1. The molecule has 0 spiro atoms. The van der Waals surface area contributed by atoms with E-state index in [0.29, 0.717) is 24.8 Å².